The molecule has 3 N–H and O–H groups in total. The van der Waals surface area contributed by atoms with Crippen LogP contribution in [-0.4, -0.2) is 69.8 Å². The van der Waals surface area contributed by atoms with Gasteiger partial charge in [0.15, 0.2) is 5.82 Å². The average Bonchev–Trinajstić information content (AvgIpc) is 3.45. The Labute approximate surface area is 195 Å². The number of thiazole rings is 1. The van der Waals surface area contributed by atoms with Crippen LogP contribution in [0.2, 0.25) is 0 Å². The summed E-state index contributed by atoms with van der Waals surface area (Å²) in [6.07, 6.45) is -1.04. The zero-order chi connectivity index (χ0) is 22.6. The molecule has 1 aliphatic rings. The first kappa shape index (κ1) is 21.6. The fraction of sp³-hybridized carbons (Fsp3) is 0.400. The smallest absolute Gasteiger partial charge is 0.164 e. The quantitative estimate of drug-likeness (QED) is 0.371. The Bertz CT molecular complexity index is 1270. The summed E-state index contributed by atoms with van der Waals surface area (Å²) in [7, 11) is 0. The molecule has 1 aromatic carbocycles. The minimum atomic E-state index is -1.20. The lowest BCUT2D eigenvalue weighted by molar-refractivity contribution is -0.210. The number of hydrogen-bond donors (Lipinski definition) is 3. The Morgan fingerprint density at radius 1 is 1.19 bits per heavy atom. The summed E-state index contributed by atoms with van der Waals surface area (Å²) in [6, 6.07) is 4.91. The lowest BCUT2D eigenvalue weighted by Crippen LogP contribution is -2.53. The van der Waals surface area contributed by atoms with Crippen LogP contribution in [0.15, 0.2) is 35.1 Å². The third kappa shape index (κ3) is 3.66. The zero-order valence-corrected chi connectivity index (χ0v) is 19.6. The molecule has 4 heterocycles. The molecule has 2 unspecified atom stereocenters. The summed E-state index contributed by atoms with van der Waals surface area (Å²) in [5.41, 5.74) is 1.65. The molecule has 0 radical (unpaired) electrons. The second-order valence-electron chi connectivity index (χ2n) is 7.70. The minimum Gasteiger partial charge on any atom is -0.394 e. The van der Waals surface area contributed by atoms with Crippen molar-refractivity contribution in [1.29, 1.82) is 0 Å². The molecule has 0 aliphatic carbocycles. The Balaban J connectivity index is 1.58. The lowest BCUT2D eigenvalue weighted by Gasteiger charge is -2.41. The predicted molar refractivity (Wildman–Crippen MR) is 120 cm³/mol. The molecule has 4 aromatic rings. The molecule has 32 heavy (non-hydrogen) atoms. The Morgan fingerprint density at radius 3 is 2.72 bits per heavy atom. The highest BCUT2D eigenvalue weighted by molar-refractivity contribution is 9.10. The fourth-order valence-electron chi connectivity index (χ4n) is 4.07. The van der Waals surface area contributed by atoms with Crippen molar-refractivity contribution in [1.82, 2.24) is 29.5 Å². The van der Waals surface area contributed by atoms with Crippen molar-refractivity contribution >= 4 is 37.5 Å². The number of fused-ring (bicyclic) bond motifs is 1. The van der Waals surface area contributed by atoms with Gasteiger partial charge in [-0.25, -0.2) is 14.6 Å². The molecule has 12 heteroatoms. The monoisotopic (exact) mass is 520 g/mol. The highest BCUT2D eigenvalue weighted by Crippen LogP contribution is 2.38. The number of aromatic nitrogens is 6. The van der Waals surface area contributed by atoms with Gasteiger partial charge in [-0.15, -0.1) is 11.3 Å². The van der Waals surface area contributed by atoms with E-state index in [1.165, 1.54) is 4.68 Å². The van der Waals surface area contributed by atoms with E-state index in [4.69, 9.17) is 4.74 Å². The van der Waals surface area contributed by atoms with Crippen molar-refractivity contribution in [2.75, 3.05) is 6.61 Å². The summed E-state index contributed by atoms with van der Waals surface area (Å²) < 4.78 is 10.7. The molecule has 1 fully saturated rings. The number of benzene rings is 1. The average molecular weight is 521 g/mol. The summed E-state index contributed by atoms with van der Waals surface area (Å²) in [6.45, 7) is 3.28. The highest BCUT2D eigenvalue weighted by atomic mass is 79.9. The first-order valence-corrected chi connectivity index (χ1v) is 11.6. The van der Waals surface area contributed by atoms with Crippen molar-refractivity contribution in [2.45, 2.75) is 44.3 Å². The van der Waals surface area contributed by atoms with Crippen molar-refractivity contribution < 1.29 is 20.1 Å². The van der Waals surface area contributed by atoms with E-state index in [0.717, 1.165) is 20.9 Å². The molecule has 0 saturated carbocycles. The molecule has 168 valence electrons. The number of hydrogen-bond acceptors (Lipinski definition) is 9. The van der Waals surface area contributed by atoms with Crippen LogP contribution in [-0.2, 0) is 4.74 Å². The van der Waals surface area contributed by atoms with Gasteiger partial charge in [0, 0.05) is 6.20 Å². The molecule has 5 rings (SSSR count). The maximum atomic E-state index is 11.3. The number of aryl methyl sites for hydroxylation is 2. The number of aliphatic hydroxyl groups is 3. The first-order chi connectivity index (χ1) is 15.4. The Kier molecular flexibility index (Phi) is 5.60. The van der Waals surface area contributed by atoms with Gasteiger partial charge in [-0.05, 0) is 48.0 Å². The van der Waals surface area contributed by atoms with Crippen LogP contribution >= 0.6 is 27.3 Å². The normalized spacial score (nSPS) is 26.1. The summed E-state index contributed by atoms with van der Waals surface area (Å²) >= 11 is 4.92. The van der Waals surface area contributed by atoms with Crippen LogP contribution in [0.1, 0.15) is 28.8 Å². The highest BCUT2D eigenvalue weighted by Gasteiger charge is 2.48. The van der Waals surface area contributed by atoms with Gasteiger partial charge in [0.2, 0.25) is 0 Å². The summed E-state index contributed by atoms with van der Waals surface area (Å²) in [5, 5.41) is 41.6. The number of ether oxygens (including phenoxy) is 1. The van der Waals surface area contributed by atoms with E-state index in [1.54, 1.807) is 35.3 Å². The largest absolute Gasteiger partial charge is 0.394 e. The van der Waals surface area contributed by atoms with Crippen LogP contribution in [0.4, 0.5) is 0 Å². The first-order valence-electron chi connectivity index (χ1n) is 9.99. The Morgan fingerprint density at radius 2 is 2.00 bits per heavy atom. The summed E-state index contributed by atoms with van der Waals surface area (Å²) in [4.78, 5) is 9.02. The molecule has 10 nitrogen and oxygen atoms in total. The Hall–Kier alpha value is -2.22. The standard InChI is InChI=1S/C20H21BrN6O4S/c1-9-23-20(27(25-9)12-3-4-13-15(5-12)32-10(2)24-13)19-18(30)16(17(29)14(8-28)31-19)26-7-11(21)6-22-26/h3-7,14,16-19,28-30H,8H2,1-2H3/t14?,16-,17-,18?,19+/m0/s1. The molecule has 0 spiro atoms. The van der Waals surface area contributed by atoms with Gasteiger partial charge in [0.1, 0.15) is 36.3 Å². The fourth-order valence-corrected chi connectivity index (χ4v) is 5.23. The van der Waals surface area contributed by atoms with Gasteiger partial charge in [-0.1, -0.05) is 0 Å². The van der Waals surface area contributed by atoms with Gasteiger partial charge >= 0.3 is 0 Å². The number of nitrogens with zero attached hydrogens (tertiary/aromatic N) is 6. The SMILES string of the molecule is Cc1nc([C@@H]2OC(CO)[C@H](O)[C@H](n3cc(Br)cn3)C2O)n(-c2ccc3nc(C)sc3c2)n1. The van der Waals surface area contributed by atoms with Gasteiger partial charge in [0.25, 0.3) is 0 Å². The van der Waals surface area contributed by atoms with Gasteiger partial charge in [-0.2, -0.15) is 10.2 Å². The molecule has 1 saturated heterocycles. The number of rotatable bonds is 4. The van der Waals surface area contributed by atoms with Crippen LogP contribution in [0.3, 0.4) is 0 Å². The molecular formula is C20H21BrN6O4S. The molecular weight excluding hydrogens is 500 g/mol. The van der Waals surface area contributed by atoms with Crippen molar-refractivity contribution in [2.24, 2.45) is 0 Å². The lowest BCUT2D eigenvalue weighted by atomic mass is 9.92. The second-order valence-corrected chi connectivity index (χ2v) is 9.85. The molecule has 3 aromatic heterocycles. The third-order valence-electron chi connectivity index (χ3n) is 5.48. The molecule has 0 bridgehead atoms. The maximum absolute atomic E-state index is 11.3. The van der Waals surface area contributed by atoms with Crippen molar-refractivity contribution in [3.63, 3.8) is 0 Å². The predicted octanol–water partition coefficient (Wildman–Crippen LogP) is 1.85. The minimum absolute atomic E-state index is 0.372. The van der Waals surface area contributed by atoms with E-state index in [9.17, 15) is 15.3 Å². The van der Waals surface area contributed by atoms with Gasteiger partial charge < -0.3 is 20.1 Å². The van der Waals surface area contributed by atoms with E-state index in [1.807, 2.05) is 25.1 Å². The van der Waals surface area contributed by atoms with E-state index in [-0.39, 0.29) is 0 Å². The van der Waals surface area contributed by atoms with Gasteiger partial charge in [-0.3, -0.25) is 4.68 Å². The summed E-state index contributed by atoms with van der Waals surface area (Å²) in [5.74, 6) is 0.874. The zero-order valence-electron chi connectivity index (χ0n) is 17.2. The van der Waals surface area contributed by atoms with E-state index in [0.29, 0.717) is 16.1 Å². The molecule has 1 aliphatic heterocycles. The number of halogens is 1. The maximum Gasteiger partial charge on any atom is 0.164 e. The third-order valence-corrected chi connectivity index (χ3v) is 6.83. The van der Waals surface area contributed by atoms with Crippen molar-refractivity contribution in [3.05, 3.63) is 51.7 Å². The van der Waals surface area contributed by atoms with Crippen LogP contribution in [0.5, 0.6) is 0 Å². The van der Waals surface area contributed by atoms with Gasteiger partial charge in [0.05, 0.1) is 38.2 Å². The molecule has 5 atom stereocenters. The van der Waals surface area contributed by atoms with Crippen LogP contribution < -0.4 is 0 Å². The second kappa shape index (κ2) is 8.28. The van der Waals surface area contributed by atoms with E-state index < -0.39 is 37.1 Å². The van der Waals surface area contributed by atoms with E-state index >= 15 is 0 Å². The van der Waals surface area contributed by atoms with Crippen LogP contribution in [0.25, 0.3) is 15.9 Å². The number of aliphatic hydroxyl groups excluding tert-OH is 3. The molecule has 0 amide bonds. The van der Waals surface area contributed by atoms with Crippen LogP contribution in [0, 0.1) is 13.8 Å². The topological polar surface area (TPSA) is 131 Å². The van der Waals surface area contributed by atoms with Crippen molar-refractivity contribution in [3.8, 4) is 5.69 Å². The van der Waals surface area contributed by atoms with E-state index in [2.05, 4.69) is 36.1 Å².